The average molecular weight is 1660 g/mol. The summed E-state index contributed by atoms with van der Waals surface area (Å²) in [5, 5.41) is 61.4. The van der Waals surface area contributed by atoms with Gasteiger partial charge >= 0.3 is 18.1 Å². The average Bonchev–Trinajstić information content (AvgIpc) is 0.867. The standard InChI is InChI=1S/C62H115N27O17S.C2HF3O2/c1-28(2)26-42(56(103)81-36(10)49(96)85-38(17-13-22-73-60(66)67)54(101)86-39(18-14-23-74-61(68)69)55(102)87-41(58(105)106)19-15-24-75-62(70)71)88-50(97)33(7)77-45(92)30(4)76-47(94)32(6)82-57(104)43(27-90)89-51(98)34(8)78-46(93)31(5)79-52(99)37(16-12-21-72-59(64)65)84-48(95)35(9)80-53(100)40(20-25-107-11)83-44(91)29(3)63;3-2(4,5)1(6)7/h28-43,90H,12-27,63H2,1-11H3,(H,76,94)(H,77,92)(H,78,93)(H,79,99)(H,80,100)(H,81,103)(H,82,104)(H,83,91)(H,84,95)(H,85,96)(H,86,101)(H,87,102)(H,88,97)(H,89,98)(H,105,106)(H4,64,65,72)(H4,66,67,73)(H4,68,69,74)(H4,70,71,75);(H,6,7)/t29-,30-,31-,32-,33-,34-,35-,36-,37-,38-,39-,40-,41-,42-,43-;/m0./s1. The van der Waals surface area contributed by atoms with Gasteiger partial charge in [0.1, 0.15) is 84.6 Å². The lowest BCUT2D eigenvalue weighted by atomic mass is 10.0. The summed E-state index contributed by atoms with van der Waals surface area (Å²) in [5.74, 6) is -17.2. The van der Waals surface area contributed by atoms with Crippen LogP contribution in [0.4, 0.5) is 13.2 Å². The molecule has 14 amide bonds. The first-order valence-corrected chi connectivity index (χ1v) is 37.2. The number of aliphatic hydroxyl groups is 1. The van der Waals surface area contributed by atoms with Gasteiger partial charge in [-0.1, -0.05) is 13.8 Å². The van der Waals surface area contributed by atoms with Gasteiger partial charge in [-0.25, -0.2) is 9.59 Å². The predicted octanol–water partition coefficient (Wildman–Crippen LogP) is -10.0. The fraction of sp³-hybridized carbons (Fsp3) is 0.688. The van der Waals surface area contributed by atoms with Crippen molar-refractivity contribution in [3.8, 4) is 0 Å². The summed E-state index contributed by atoms with van der Waals surface area (Å²) in [6, 6.07) is -20.2. The van der Waals surface area contributed by atoms with E-state index >= 15 is 0 Å². The summed E-state index contributed by atoms with van der Waals surface area (Å²) >= 11 is 1.42. The molecule has 0 rings (SSSR count). The Balaban J connectivity index is 0. The highest BCUT2D eigenvalue weighted by Crippen LogP contribution is 2.14. The summed E-state index contributed by atoms with van der Waals surface area (Å²) < 4.78 is 31.7. The number of rotatable bonds is 51. The van der Waals surface area contributed by atoms with Crippen LogP contribution in [0.15, 0.2) is 20.0 Å². The van der Waals surface area contributed by atoms with Crippen LogP contribution in [-0.2, 0) is 76.7 Å². The number of nitrogens with zero attached hydrogens (tertiary/aromatic N) is 4. The second kappa shape index (κ2) is 54.4. The lowest BCUT2D eigenvalue weighted by Gasteiger charge is -2.27. The molecule has 50 heteroatoms. The molecule has 15 atom stereocenters. The lowest BCUT2D eigenvalue weighted by molar-refractivity contribution is -0.192. The Labute approximate surface area is 660 Å². The molecule has 0 heterocycles. The maximum Gasteiger partial charge on any atom is 0.490 e. The van der Waals surface area contributed by atoms with Gasteiger partial charge in [0.25, 0.3) is 0 Å². The Morgan fingerprint density at radius 1 is 0.333 bits per heavy atom. The molecule has 0 aliphatic rings. The highest BCUT2D eigenvalue weighted by molar-refractivity contribution is 7.98. The van der Waals surface area contributed by atoms with E-state index in [9.17, 15) is 95.3 Å². The van der Waals surface area contributed by atoms with E-state index in [1.165, 1.54) is 67.2 Å². The van der Waals surface area contributed by atoms with E-state index in [0.29, 0.717) is 5.75 Å². The number of carbonyl (C=O) groups excluding carboxylic acids is 14. The Bertz CT molecular complexity index is 3360. The minimum atomic E-state index is -5.08. The molecule has 0 fully saturated rings. The van der Waals surface area contributed by atoms with Crippen LogP contribution in [0.3, 0.4) is 0 Å². The van der Waals surface area contributed by atoms with Crippen molar-refractivity contribution in [2.75, 3.05) is 44.8 Å². The molecule has 0 aromatic heterocycles. The number of aliphatic imine (C=N–C) groups is 4. The number of guanidine groups is 4. The molecule has 0 aromatic carbocycles. The molecule has 0 aromatic rings. The number of aliphatic hydroxyl groups excluding tert-OH is 1. The quantitative estimate of drug-likeness (QED) is 0.0153. The number of halogens is 3. The van der Waals surface area contributed by atoms with E-state index in [0.717, 1.165) is 0 Å². The number of carboxylic acid groups (broad SMARTS) is 2. The first-order chi connectivity index (χ1) is 52.9. The summed E-state index contributed by atoms with van der Waals surface area (Å²) in [7, 11) is 0. The van der Waals surface area contributed by atoms with Crippen LogP contribution >= 0.6 is 11.8 Å². The molecule has 0 spiro atoms. The van der Waals surface area contributed by atoms with E-state index in [1.54, 1.807) is 20.1 Å². The third-order valence-corrected chi connectivity index (χ3v) is 16.3. The normalized spacial score (nSPS) is 14.9. The first kappa shape index (κ1) is 105. The van der Waals surface area contributed by atoms with Crippen molar-refractivity contribution >= 4 is 130 Å². The molecule has 46 nitrogen and oxygen atoms in total. The predicted molar refractivity (Wildman–Crippen MR) is 411 cm³/mol. The van der Waals surface area contributed by atoms with Crippen molar-refractivity contribution in [2.45, 2.75) is 230 Å². The van der Waals surface area contributed by atoms with E-state index in [4.69, 9.17) is 61.5 Å². The van der Waals surface area contributed by atoms with E-state index < -0.39 is 198 Å². The van der Waals surface area contributed by atoms with Gasteiger partial charge in [0.2, 0.25) is 82.7 Å². The van der Waals surface area contributed by atoms with Crippen LogP contribution in [0.1, 0.15) is 133 Å². The highest BCUT2D eigenvalue weighted by Gasteiger charge is 2.39. The van der Waals surface area contributed by atoms with Crippen LogP contribution in [0, 0.1) is 5.92 Å². The number of hydrogen-bond acceptors (Lipinski definition) is 23. The fourth-order valence-electron chi connectivity index (χ4n) is 9.24. The van der Waals surface area contributed by atoms with Gasteiger partial charge in [-0.3, -0.25) is 87.1 Å². The number of thioether (sulfide) groups is 1. The van der Waals surface area contributed by atoms with Crippen LogP contribution in [0.25, 0.3) is 0 Å². The van der Waals surface area contributed by atoms with Gasteiger partial charge in [-0.05, 0) is 138 Å². The van der Waals surface area contributed by atoms with Crippen molar-refractivity contribution in [3.63, 3.8) is 0 Å². The number of carboxylic acids is 2. The molecule has 0 aliphatic carbocycles. The third-order valence-electron chi connectivity index (χ3n) is 15.6. The minimum Gasteiger partial charge on any atom is -0.480 e. The smallest absolute Gasteiger partial charge is 0.480 e. The van der Waals surface area contributed by atoms with Crippen LogP contribution < -0.4 is 126 Å². The zero-order chi connectivity index (χ0) is 88.0. The summed E-state index contributed by atoms with van der Waals surface area (Å²) in [6.07, 6.45) is -2.95. The van der Waals surface area contributed by atoms with E-state index in [1.807, 2.05) is 0 Å². The van der Waals surface area contributed by atoms with Gasteiger partial charge in [0.05, 0.1) is 12.6 Å². The SMILES string of the molecule is CSCC[C@H](NC(=O)[C@H](C)N)C(=O)N[C@@H](C)C(=O)N[C@@H](CCCN=C(N)N)C(=O)N[C@@H](C)C(=O)N[C@@H](C)C(=O)N[C@@H](CO)C(=O)N[C@@H](C)C(=O)N[C@@H](C)C(=O)N[C@@H](C)C(=O)N[C@@H](CC(C)C)C(=O)N[C@@H](C)C(=O)N[C@@H](CCCN=C(N)N)C(=O)N[C@@H](CCCN=C(N)N)C(=O)N[C@@H](CCCN=C(N)N)C(=O)O.O=C(O)C(F)(F)F. The molecule has 648 valence electrons. The van der Waals surface area contributed by atoms with Crippen molar-refractivity contribution in [1.29, 1.82) is 0 Å². The molecular formula is C64H116F3N27O19S. The lowest BCUT2D eigenvalue weighted by Crippen LogP contribution is -2.60. The van der Waals surface area contributed by atoms with E-state index in [2.05, 4.69) is 94.4 Å². The molecule has 0 radical (unpaired) electrons. The number of hydrogen-bond donors (Lipinski definition) is 26. The van der Waals surface area contributed by atoms with Gasteiger partial charge in [-0.2, -0.15) is 24.9 Å². The van der Waals surface area contributed by atoms with Gasteiger partial charge < -0.3 is 141 Å². The molecule has 0 unspecified atom stereocenters. The highest BCUT2D eigenvalue weighted by atomic mass is 32.2. The third kappa shape index (κ3) is 45.2. The molecule has 0 aliphatic heterocycles. The van der Waals surface area contributed by atoms with Crippen LogP contribution in [0.5, 0.6) is 0 Å². The minimum absolute atomic E-state index is 0.00311. The summed E-state index contributed by atoms with van der Waals surface area (Å²) in [6.45, 7) is 12.8. The number of alkyl halides is 3. The Kier molecular flexibility index (Phi) is 49.9. The van der Waals surface area contributed by atoms with Crippen molar-refractivity contribution in [3.05, 3.63) is 0 Å². The second-order valence-electron chi connectivity index (χ2n) is 26.4. The molecule has 0 saturated carbocycles. The summed E-state index contributed by atoms with van der Waals surface area (Å²) in [5.41, 5.74) is 49.1. The maximum atomic E-state index is 14.0. The fourth-order valence-corrected chi connectivity index (χ4v) is 9.72. The number of carbonyl (C=O) groups is 16. The molecular weight excluding hydrogens is 1540 g/mol. The van der Waals surface area contributed by atoms with Crippen LogP contribution in [-0.4, -0.2) is 275 Å². The zero-order valence-electron chi connectivity index (χ0n) is 65.5. The van der Waals surface area contributed by atoms with Crippen molar-refractivity contribution in [2.24, 2.45) is 77.5 Å². The molecule has 0 bridgehead atoms. The molecule has 35 N–H and O–H groups in total. The van der Waals surface area contributed by atoms with Crippen LogP contribution in [0.2, 0.25) is 0 Å². The topological polar surface area (TPSA) is 786 Å². The Hall–Kier alpha value is -11.3. The van der Waals surface area contributed by atoms with Crippen molar-refractivity contribution < 1.29 is 105 Å². The molecule has 0 saturated heterocycles. The largest absolute Gasteiger partial charge is 0.490 e. The van der Waals surface area contributed by atoms with Crippen molar-refractivity contribution in [1.82, 2.24) is 74.4 Å². The molecule has 114 heavy (non-hydrogen) atoms. The Morgan fingerprint density at radius 2 is 0.544 bits per heavy atom. The maximum absolute atomic E-state index is 14.0. The van der Waals surface area contributed by atoms with E-state index in [-0.39, 0.29) is 120 Å². The van der Waals surface area contributed by atoms with Gasteiger partial charge in [-0.15, -0.1) is 0 Å². The van der Waals surface area contributed by atoms with Gasteiger partial charge in [0, 0.05) is 26.2 Å². The zero-order valence-corrected chi connectivity index (χ0v) is 66.3. The number of aliphatic carboxylic acids is 2. The van der Waals surface area contributed by atoms with Gasteiger partial charge in [0.15, 0.2) is 23.8 Å². The number of nitrogens with two attached hydrogens (primary N) is 9. The summed E-state index contributed by atoms with van der Waals surface area (Å²) in [4.78, 5) is 225. The number of amides is 14. The first-order valence-electron chi connectivity index (χ1n) is 35.8. The number of nitrogens with one attached hydrogen (secondary N) is 14. The Morgan fingerprint density at radius 3 is 0.798 bits per heavy atom. The monoisotopic (exact) mass is 1660 g/mol. The second-order valence-corrected chi connectivity index (χ2v) is 27.3.